The van der Waals surface area contributed by atoms with Gasteiger partial charge in [0.25, 0.3) is 0 Å². The van der Waals surface area contributed by atoms with Gasteiger partial charge in [-0.3, -0.25) is 4.57 Å². The fourth-order valence-corrected chi connectivity index (χ4v) is 2.25. The summed E-state index contributed by atoms with van der Waals surface area (Å²) in [6, 6.07) is 6.11. The van der Waals surface area contributed by atoms with E-state index in [1.54, 1.807) is 17.0 Å². The van der Waals surface area contributed by atoms with Crippen LogP contribution in [0, 0.1) is 0 Å². The number of fused-ring (bicyclic) bond motifs is 1. The fourth-order valence-electron chi connectivity index (χ4n) is 2.25. The first kappa shape index (κ1) is 9.42. The van der Waals surface area contributed by atoms with Crippen LogP contribution >= 0.6 is 0 Å². The molecule has 0 saturated heterocycles. The minimum Gasteiger partial charge on any atom is -0.312 e. The van der Waals surface area contributed by atoms with E-state index in [1.807, 2.05) is 12.1 Å². The van der Waals surface area contributed by atoms with Crippen molar-refractivity contribution in [2.75, 3.05) is 6.54 Å². The Morgan fingerprint density at radius 2 is 2.25 bits per heavy atom. The van der Waals surface area contributed by atoms with E-state index in [0.717, 1.165) is 25.2 Å². The normalized spacial score (nSPS) is 14.8. The maximum atomic E-state index is 11.6. The molecule has 0 bridgehead atoms. The number of nitrogens with one attached hydrogen (secondary N) is 2. The number of aromatic amines is 1. The van der Waals surface area contributed by atoms with E-state index in [-0.39, 0.29) is 5.69 Å². The summed E-state index contributed by atoms with van der Waals surface area (Å²) in [5.41, 5.74) is 3.50. The van der Waals surface area contributed by atoms with Gasteiger partial charge in [-0.25, -0.2) is 4.79 Å². The van der Waals surface area contributed by atoms with Crippen molar-refractivity contribution >= 4 is 0 Å². The quantitative estimate of drug-likeness (QED) is 0.739. The van der Waals surface area contributed by atoms with E-state index < -0.39 is 0 Å². The molecule has 2 aromatic rings. The van der Waals surface area contributed by atoms with Crippen molar-refractivity contribution < 1.29 is 0 Å². The van der Waals surface area contributed by atoms with Gasteiger partial charge < -0.3 is 10.3 Å². The second-order valence-electron chi connectivity index (χ2n) is 3.98. The molecule has 0 spiro atoms. The Balaban J connectivity index is 2.21. The van der Waals surface area contributed by atoms with Crippen molar-refractivity contribution in [2.45, 2.75) is 13.0 Å². The average Bonchev–Trinajstić information content (AvgIpc) is 2.75. The smallest absolute Gasteiger partial charge is 0.312 e. The van der Waals surface area contributed by atoms with Gasteiger partial charge in [-0.2, -0.15) is 0 Å². The van der Waals surface area contributed by atoms with Crippen molar-refractivity contribution in [2.24, 2.45) is 0 Å². The van der Waals surface area contributed by atoms with E-state index in [9.17, 15) is 4.79 Å². The lowest BCUT2D eigenvalue weighted by atomic mass is 9.99. The van der Waals surface area contributed by atoms with Gasteiger partial charge in [0.1, 0.15) is 0 Å². The Morgan fingerprint density at radius 1 is 1.31 bits per heavy atom. The highest BCUT2D eigenvalue weighted by Gasteiger charge is 2.14. The highest BCUT2D eigenvalue weighted by atomic mass is 16.1. The number of hydrogen-bond donors (Lipinski definition) is 2. The van der Waals surface area contributed by atoms with Crippen LogP contribution in [0.15, 0.2) is 35.4 Å². The minimum atomic E-state index is -0.0769. The maximum absolute atomic E-state index is 11.6. The third kappa shape index (κ3) is 1.39. The molecule has 2 N–H and O–H groups in total. The molecule has 1 aromatic heterocycles. The van der Waals surface area contributed by atoms with E-state index in [1.165, 1.54) is 11.1 Å². The maximum Gasteiger partial charge on any atom is 0.330 e. The van der Waals surface area contributed by atoms with Crippen molar-refractivity contribution in [3.05, 3.63) is 52.2 Å². The Kier molecular flexibility index (Phi) is 2.15. The number of imidazole rings is 1. The van der Waals surface area contributed by atoms with Crippen LogP contribution in [0.2, 0.25) is 0 Å². The van der Waals surface area contributed by atoms with Crippen LogP contribution in [0.5, 0.6) is 0 Å². The number of nitrogens with zero attached hydrogens (tertiary/aromatic N) is 1. The van der Waals surface area contributed by atoms with Gasteiger partial charge in [0.15, 0.2) is 0 Å². The molecule has 3 rings (SSSR count). The molecule has 0 atom stereocenters. The summed E-state index contributed by atoms with van der Waals surface area (Å²) in [7, 11) is 0. The standard InChI is InChI=1S/C12H13N3O/c16-12-14-6-7-15(12)11-3-1-2-9-8-13-5-4-10(9)11/h1-3,6-7,13H,4-5,8H2,(H,14,16). The molecule has 1 aliphatic heterocycles. The van der Waals surface area contributed by atoms with Crippen LogP contribution in [-0.2, 0) is 13.0 Å². The molecule has 0 fully saturated rings. The number of rotatable bonds is 1. The average molecular weight is 215 g/mol. The summed E-state index contributed by atoms with van der Waals surface area (Å²) in [5, 5.41) is 3.33. The summed E-state index contributed by atoms with van der Waals surface area (Å²) in [5.74, 6) is 0. The molecule has 82 valence electrons. The number of H-pyrrole nitrogens is 1. The molecule has 1 aliphatic rings. The van der Waals surface area contributed by atoms with Crippen LogP contribution in [0.4, 0.5) is 0 Å². The molecule has 0 unspecified atom stereocenters. The van der Waals surface area contributed by atoms with Gasteiger partial charge in [-0.1, -0.05) is 12.1 Å². The lowest BCUT2D eigenvalue weighted by Gasteiger charge is -2.20. The van der Waals surface area contributed by atoms with Gasteiger partial charge in [0.2, 0.25) is 0 Å². The van der Waals surface area contributed by atoms with Crippen molar-refractivity contribution in [1.82, 2.24) is 14.9 Å². The van der Waals surface area contributed by atoms with Crippen LogP contribution in [0.1, 0.15) is 11.1 Å². The molecule has 1 aromatic carbocycles. The van der Waals surface area contributed by atoms with Gasteiger partial charge in [0.05, 0.1) is 5.69 Å². The van der Waals surface area contributed by atoms with Gasteiger partial charge in [-0.15, -0.1) is 0 Å². The van der Waals surface area contributed by atoms with Crippen LogP contribution in [0.25, 0.3) is 5.69 Å². The van der Waals surface area contributed by atoms with Gasteiger partial charge in [0, 0.05) is 18.9 Å². The lowest BCUT2D eigenvalue weighted by molar-refractivity contribution is 0.640. The molecule has 0 radical (unpaired) electrons. The van der Waals surface area contributed by atoms with Crippen LogP contribution in [-0.4, -0.2) is 16.1 Å². The Morgan fingerprint density at radius 3 is 3.06 bits per heavy atom. The molecular formula is C12H13N3O. The molecule has 4 nitrogen and oxygen atoms in total. The summed E-state index contributed by atoms with van der Waals surface area (Å²) >= 11 is 0. The Hall–Kier alpha value is -1.81. The molecule has 0 saturated carbocycles. The number of benzene rings is 1. The zero-order valence-corrected chi connectivity index (χ0v) is 8.86. The summed E-state index contributed by atoms with van der Waals surface area (Å²) in [4.78, 5) is 14.3. The first-order chi connectivity index (χ1) is 7.86. The molecular weight excluding hydrogens is 202 g/mol. The van der Waals surface area contributed by atoms with Crippen molar-refractivity contribution in [3.63, 3.8) is 0 Å². The SMILES string of the molecule is O=c1[nH]ccn1-c1cccc2c1CCNC2. The highest BCUT2D eigenvalue weighted by molar-refractivity contribution is 5.47. The van der Waals surface area contributed by atoms with Gasteiger partial charge in [-0.05, 0) is 30.2 Å². The van der Waals surface area contributed by atoms with E-state index >= 15 is 0 Å². The number of aromatic nitrogens is 2. The third-order valence-electron chi connectivity index (χ3n) is 3.02. The summed E-state index contributed by atoms with van der Waals surface area (Å²) < 4.78 is 1.67. The summed E-state index contributed by atoms with van der Waals surface area (Å²) in [6.07, 6.45) is 4.42. The first-order valence-corrected chi connectivity index (χ1v) is 5.44. The minimum absolute atomic E-state index is 0.0769. The molecule has 0 amide bonds. The third-order valence-corrected chi connectivity index (χ3v) is 3.02. The topological polar surface area (TPSA) is 49.8 Å². The van der Waals surface area contributed by atoms with Crippen molar-refractivity contribution in [3.8, 4) is 5.69 Å². The molecule has 4 heteroatoms. The predicted octanol–water partition coefficient (Wildman–Crippen LogP) is 0.811. The second kappa shape index (κ2) is 3.64. The predicted molar refractivity (Wildman–Crippen MR) is 61.8 cm³/mol. The van der Waals surface area contributed by atoms with Crippen molar-refractivity contribution in [1.29, 1.82) is 0 Å². The van der Waals surface area contributed by atoms with Gasteiger partial charge >= 0.3 is 5.69 Å². The zero-order chi connectivity index (χ0) is 11.0. The molecule has 16 heavy (non-hydrogen) atoms. The Bertz CT molecular complexity index is 568. The zero-order valence-electron chi connectivity index (χ0n) is 8.86. The highest BCUT2D eigenvalue weighted by Crippen LogP contribution is 2.20. The number of hydrogen-bond acceptors (Lipinski definition) is 2. The van der Waals surface area contributed by atoms with Crippen LogP contribution < -0.4 is 11.0 Å². The molecule has 2 heterocycles. The summed E-state index contributed by atoms with van der Waals surface area (Å²) in [6.45, 7) is 1.87. The first-order valence-electron chi connectivity index (χ1n) is 5.44. The monoisotopic (exact) mass is 215 g/mol. The van der Waals surface area contributed by atoms with E-state index in [2.05, 4.69) is 16.4 Å². The largest absolute Gasteiger partial charge is 0.330 e. The van der Waals surface area contributed by atoms with Crippen LogP contribution in [0.3, 0.4) is 0 Å². The van der Waals surface area contributed by atoms with E-state index in [4.69, 9.17) is 0 Å². The van der Waals surface area contributed by atoms with E-state index in [0.29, 0.717) is 0 Å². The lowest BCUT2D eigenvalue weighted by Crippen LogP contribution is -2.26. The second-order valence-corrected chi connectivity index (χ2v) is 3.98. The molecule has 0 aliphatic carbocycles. The fraction of sp³-hybridized carbons (Fsp3) is 0.250. The Labute approximate surface area is 92.9 Å².